The largest absolute Gasteiger partial charge is 0.338 e. The molecule has 0 bridgehead atoms. The van der Waals surface area contributed by atoms with E-state index in [-0.39, 0.29) is 11.8 Å². The number of likely N-dealkylation sites (tertiary alicyclic amines) is 1. The zero-order valence-electron chi connectivity index (χ0n) is 14.3. The molecule has 0 saturated carbocycles. The van der Waals surface area contributed by atoms with Crippen LogP contribution in [0.15, 0.2) is 53.1 Å². The van der Waals surface area contributed by atoms with Crippen molar-refractivity contribution in [3.8, 4) is 17.5 Å². The van der Waals surface area contributed by atoms with E-state index in [0.717, 1.165) is 11.1 Å². The molecule has 0 aliphatic carbocycles. The van der Waals surface area contributed by atoms with E-state index in [9.17, 15) is 4.79 Å². The molecule has 6 nitrogen and oxygen atoms in total. The lowest BCUT2D eigenvalue weighted by atomic mass is 10.1. The Balaban J connectivity index is 1.48. The number of nitriles is 1. The maximum atomic E-state index is 12.4. The first-order valence-electron chi connectivity index (χ1n) is 8.49. The molecule has 27 heavy (non-hydrogen) atoms. The Morgan fingerprint density at radius 3 is 2.74 bits per heavy atom. The van der Waals surface area contributed by atoms with E-state index in [2.05, 4.69) is 16.2 Å². The lowest BCUT2D eigenvalue weighted by molar-refractivity contribution is -0.128. The summed E-state index contributed by atoms with van der Waals surface area (Å²) in [6.45, 7) is 0.992. The van der Waals surface area contributed by atoms with E-state index in [4.69, 9.17) is 21.4 Å². The van der Waals surface area contributed by atoms with Gasteiger partial charge in [0.15, 0.2) is 5.82 Å². The quantitative estimate of drug-likeness (QED) is 0.689. The average molecular weight is 379 g/mol. The number of amides is 1. The normalized spacial score (nSPS) is 16.5. The highest BCUT2D eigenvalue weighted by Crippen LogP contribution is 2.30. The van der Waals surface area contributed by atoms with Crippen molar-refractivity contribution in [2.75, 3.05) is 6.54 Å². The van der Waals surface area contributed by atoms with Crippen molar-refractivity contribution < 1.29 is 9.32 Å². The molecule has 7 heteroatoms. The van der Waals surface area contributed by atoms with Crippen molar-refractivity contribution in [1.29, 1.82) is 5.26 Å². The Hall–Kier alpha value is -3.17. The first kappa shape index (κ1) is 17.3. The Morgan fingerprint density at radius 1 is 1.22 bits per heavy atom. The van der Waals surface area contributed by atoms with Crippen LogP contribution in [0.2, 0.25) is 5.02 Å². The van der Waals surface area contributed by atoms with Crippen LogP contribution < -0.4 is 0 Å². The van der Waals surface area contributed by atoms with Gasteiger partial charge in [-0.05, 0) is 35.9 Å². The molecule has 0 spiro atoms. The molecule has 0 N–H and O–H groups in total. The molecule has 1 fully saturated rings. The molecule has 1 aliphatic heterocycles. The number of hydrogen-bond acceptors (Lipinski definition) is 5. The fraction of sp³-hybridized carbons (Fsp3) is 0.200. The number of carbonyl (C=O) groups is 1. The molecular formula is C20H15ClN4O2. The van der Waals surface area contributed by atoms with Crippen molar-refractivity contribution in [3.05, 3.63) is 70.5 Å². The summed E-state index contributed by atoms with van der Waals surface area (Å²) in [5.74, 6) is 0.830. The van der Waals surface area contributed by atoms with Gasteiger partial charge in [0.1, 0.15) is 0 Å². The molecular weight excluding hydrogens is 364 g/mol. The lowest BCUT2D eigenvalue weighted by Crippen LogP contribution is -2.24. The predicted octanol–water partition coefficient (Wildman–Crippen LogP) is 3.78. The Kier molecular flexibility index (Phi) is 4.61. The number of nitrogens with zero attached hydrogens (tertiary/aromatic N) is 4. The number of hydrogen-bond donors (Lipinski definition) is 0. The molecule has 1 amide bonds. The highest BCUT2D eigenvalue weighted by molar-refractivity contribution is 6.31. The third-order valence-corrected chi connectivity index (χ3v) is 4.97. The predicted molar refractivity (Wildman–Crippen MR) is 98.7 cm³/mol. The van der Waals surface area contributed by atoms with Gasteiger partial charge < -0.3 is 9.42 Å². The second-order valence-corrected chi connectivity index (χ2v) is 6.82. The molecule has 2 aromatic carbocycles. The van der Waals surface area contributed by atoms with Crippen LogP contribution in [0, 0.1) is 11.3 Å². The van der Waals surface area contributed by atoms with Crippen LogP contribution >= 0.6 is 11.6 Å². The minimum absolute atomic E-state index is 0.0460. The third-order valence-electron chi connectivity index (χ3n) is 4.60. The number of rotatable bonds is 4. The second kappa shape index (κ2) is 7.22. The second-order valence-electron chi connectivity index (χ2n) is 6.41. The molecule has 2 heterocycles. The molecule has 1 aliphatic rings. The summed E-state index contributed by atoms with van der Waals surface area (Å²) in [5, 5.41) is 13.6. The van der Waals surface area contributed by atoms with Crippen molar-refractivity contribution in [3.63, 3.8) is 0 Å². The van der Waals surface area contributed by atoms with Crippen molar-refractivity contribution in [1.82, 2.24) is 15.0 Å². The Morgan fingerprint density at radius 2 is 2.00 bits per heavy atom. The van der Waals surface area contributed by atoms with Gasteiger partial charge in [0.2, 0.25) is 5.91 Å². The van der Waals surface area contributed by atoms with Crippen LogP contribution in [-0.4, -0.2) is 27.5 Å². The molecule has 3 aromatic rings. The fourth-order valence-corrected chi connectivity index (χ4v) is 3.33. The van der Waals surface area contributed by atoms with Gasteiger partial charge in [0.05, 0.1) is 11.6 Å². The molecule has 134 valence electrons. The van der Waals surface area contributed by atoms with E-state index in [1.54, 1.807) is 29.2 Å². The standard InChI is InChI=1S/C20H15ClN4O2/c21-17-4-2-1-3-15(17)11-25-12-16(9-18(25)26)19-23-20(27-24-19)14-7-5-13(10-22)6-8-14/h1-8,16H,9,11-12H2. The first-order valence-corrected chi connectivity index (χ1v) is 8.87. The smallest absolute Gasteiger partial charge is 0.257 e. The van der Waals surface area contributed by atoms with E-state index in [1.165, 1.54) is 0 Å². The number of aromatic nitrogens is 2. The zero-order valence-corrected chi connectivity index (χ0v) is 15.1. The fourth-order valence-electron chi connectivity index (χ4n) is 3.14. The summed E-state index contributed by atoms with van der Waals surface area (Å²) in [6.07, 6.45) is 0.344. The topological polar surface area (TPSA) is 83.0 Å². The van der Waals surface area contributed by atoms with E-state index in [1.807, 2.05) is 24.3 Å². The van der Waals surface area contributed by atoms with Gasteiger partial charge in [-0.3, -0.25) is 4.79 Å². The van der Waals surface area contributed by atoms with E-state index in [0.29, 0.717) is 41.8 Å². The van der Waals surface area contributed by atoms with Crippen LogP contribution in [0.3, 0.4) is 0 Å². The highest BCUT2D eigenvalue weighted by Gasteiger charge is 2.34. The lowest BCUT2D eigenvalue weighted by Gasteiger charge is -2.16. The van der Waals surface area contributed by atoms with Crippen LogP contribution in [0.4, 0.5) is 0 Å². The summed E-state index contributed by atoms with van der Waals surface area (Å²) in [4.78, 5) is 18.6. The molecule has 1 saturated heterocycles. The molecule has 1 aromatic heterocycles. The maximum Gasteiger partial charge on any atom is 0.257 e. The number of carbonyl (C=O) groups excluding carboxylic acids is 1. The summed E-state index contributed by atoms with van der Waals surface area (Å²) < 4.78 is 5.35. The highest BCUT2D eigenvalue weighted by atomic mass is 35.5. The molecule has 1 unspecified atom stereocenters. The van der Waals surface area contributed by atoms with Gasteiger partial charge in [-0.1, -0.05) is 35.0 Å². The van der Waals surface area contributed by atoms with Crippen LogP contribution in [-0.2, 0) is 11.3 Å². The van der Waals surface area contributed by atoms with Gasteiger partial charge in [-0.15, -0.1) is 0 Å². The van der Waals surface area contributed by atoms with E-state index >= 15 is 0 Å². The maximum absolute atomic E-state index is 12.4. The molecule has 0 radical (unpaired) electrons. The minimum atomic E-state index is -0.115. The summed E-state index contributed by atoms with van der Waals surface area (Å²) in [7, 11) is 0. The number of benzene rings is 2. The molecule has 1 atom stereocenters. The minimum Gasteiger partial charge on any atom is -0.338 e. The SMILES string of the molecule is N#Cc1ccc(-c2nc(C3CC(=O)N(Cc4ccccc4Cl)C3)no2)cc1. The summed E-state index contributed by atoms with van der Waals surface area (Å²) in [6, 6.07) is 16.5. The number of halogens is 1. The van der Waals surface area contributed by atoms with Crippen molar-refractivity contribution >= 4 is 17.5 Å². The zero-order chi connectivity index (χ0) is 18.8. The van der Waals surface area contributed by atoms with Gasteiger partial charge in [-0.25, -0.2) is 0 Å². The molecule has 4 rings (SSSR count). The monoisotopic (exact) mass is 378 g/mol. The Bertz CT molecular complexity index is 1020. The van der Waals surface area contributed by atoms with Gasteiger partial charge in [0, 0.05) is 36.0 Å². The first-order chi connectivity index (χ1) is 13.1. The average Bonchev–Trinajstić information content (AvgIpc) is 3.31. The van der Waals surface area contributed by atoms with Crippen molar-refractivity contribution in [2.24, 2.45) is 0 Å². The third kappa shape index (κ3) is 3.55. The van der Waals surface area contributed by atoms with Crippen LogP contribution in [0.5, 0.6) is 0 Å². The van der Waals surface area contributed by atoms with Gasteiger partial charge in [0.25, 0.3) is 5.89 Å². The van der Waals surface area contributed by atoms with Crippen molar-refractivity contribution in [2.45, 2.75) is 18.9 Å². The van der Waals surface area contributed by atoms with Crippen LogP contribution in [0.1, 0.15) is 29.3 Å². The van der Waals surface area contributed by atoms with E-state index < -0.39 is 0 Å². The Labute approximate surface area is 161 Å². The summed E-state index contributed by atoms with van der Waals surface area (Å²) >= 11 is 6.20. The summed E-state index contributed by atoms with van der Waals surface area (Å²) in [5.41, 5.74) is 2.22. The van der Waals surface area contributed by atoms with Gasteiger partial charge >= 0.3 is 0 Å². The van der Waals surface area contributed by atoms with Crippen LogP contribution in [0.25, 0.3) is 11.5 Å². The van der Waals surface area contributed by atoms with Gasteiger partial charge in [-0.2, -0.15) is 10.2 Å².